The first-order valence-electron chi connectivity index (χ1n) is 40.3. The lowest BCUT2D eigenvalue weighted by Crippen LogP contribution is -2.80. The maximum absolute atomic E-state index is 12.8. The number of piperidine rings is 4. The molecule has 104 heavy (non-hydrogen) atoms. The van der Waals surface area contributed by atoms with Crippen LogP contribution >= 0.6 is 0 Å². The number of Topliss-reactive ketones (excluding diaryl/α,β-unsaturated/α-hetero) is 2. The number of benzene rings is 4. The Bertz CT molecular complexity index is 4200. The van der Waals surface area contributed by atoms with Crippen molar-refractivity contribution < 1.29 is 87.3 Å². The van der Waals surface area contributed by atoms with Crippen molar-refractivity contribution in [2.24, 2.45) is 23.7 Å². The molecule has 12 unspecified atom stereocenters. The monoisotopic (exact) mass is 1420 g/mol. The molecule has 18 nitrogen and oxygen atoms in total. The van der Waals surface area contributed by atoms with Gasteiger partial charge in [0.15, 0.2) is 46.8 Å². The zero-order valence-electron chi connectivity index (χ0n) is 61.4. The molecule has 4 aromatic carbocycles. The third kappa shape index (κ3) is 8.11. The van der Waals surface area contributed by atoms with Crippen LogP contribution in [0.4, 0.5) is 0 Å². The minimum Gasteiger partial charge on any atom is -0.508 e. The van der Waals surface area contributed by atoms with Crippen molar-refractivity contribution in [1.82, 2.24) is 0 Å². The third-order valence-electron chi connectivity index (χ3n) is 33.5. The SMILES string of the molecule is C=C1CCC2(O)C3Cc4c(O)ccc5c4[C@@]2(CC[N@+]3(C)CC2CC2)C1O5.C=C1CCC2(O)C3Cc4c(O)ccc5c4[C@@]2(CC[N@@+]3(C)CC2CC2)C1O5.C[N@+]1(CC2CC2)CC[C@@]23c4c5ccc(O)c4OC2C(=O)CCC3(O)C1C5.C[N@@+]1(CC2CC2)CC[C@@]23c4c5ccc(O)c4OC2C(=O)CCC3(O)C1C5. The van der Waals surface area contributed by atoms with Crippen LogP contribution in [-0.4, -0.2) is 222 Å². The highest BCUT2D eigenvalue weighted by atomic mass is 16.5. The van der Waals surface area contributed by atoms with Crippen LogP contribution in [0.5, 0.6) is 46.0 Å². The first-order valence-corrected chi connectivity index (χ1v) is 40.3. The average molecular weight is 1420 g/mol. The Morgan fingerprint density at radius 2 is 0.673 bits per heavy atom. The summed E-state index contributed by atoms with van der Waals surface area (Å²) in [4.78, 5) is 25.6. The molecule has 12 fully saturated rings. The maximum Gasteiger partial charge on any atom is 0.174 e. The van der Waals surface area contributed by atoms with Gasteiger partial charge in [-0.25, -0.2) is 0 Å². The first-order chi connectivity index (χ1) is 49.6. The van der Waals surface area contributed by atoms with Crippen molar-refractivity contribution in [2.75, 3.05) is 80.5 Å². The maximum atomic E-state index is 12.8. The minimum atomic E-state index is -0.931. The molecule has 12 aliphatic carbocycles. The van der Waals surface area contributed by atoms with Crippen molar-refractivity contribution in [2.45, 2.75) is 247 Å². The molecule has 0 amide bonds. The standard InChI is InChI=1S/2C22H27NO3.2C21H25NO4/c2*1-13-7-8-22(25)18-11-15-16(24)5-6-17-19(15)21(22,20(13)26-17)9-10-23(18,2)12-14-3-4-14;2*1-22(11-12-2-3-12)9-8-20-17-13-4-5-14(23)18(17)26-19(20)15(24)6-7-21(20,25)16(22)10-13/h2*5-6,14,18,20,25H,1,3-4,7-12H2,2H3;2*4-5,12,16,19,25H,2-3,6-11H2,1H3/p+4/t18?,20?,21-,22?,23+;18?,20?,21-,22?,23-;16?,19?,20-,21?,22+;16?,19?,20-,21?,22-/m0011/s1. The molecule has 8 heterocycles. The van der Waals surface area contributed by atoms with E-state index in [-0.39, 0.29) is 59.4 Å². The van der Waals surface area contributed by atoms with E-state index in [9.17, 15) is 50.4 Å². The smallest absolute Gasteiger partial charge is 0.174 e. The number of quaternary nitrogens is 4. The van der Waals surface area contributed by atoms with E-state index in [1.807, 2.05) is 24.3 Å². The number of aromatic hydroxyl groups is 4. The van der Waals surface area contributed by atoms with E-state index < -0.39 is 56.3 Å². The van der Waals surface area contributed by atoms with E-state index in [1.165, 1.54) is 51.4 Å². The Morgan fingerprint density at radius 1 is 0.375 bits per heavy atom. The molecular weight excluding hydrogens is 1310 g/mol. The number of phenolic OH excluding ortho intramolecular Hbond substituents is 4. The number of ketones is 2. The number of likely N-dealkylation sites (tertiary alicyclic amines) is 4. The molecule has 4 saturated heterocycles. The van der Waals surface area contributed by atoms with E-state index in [2.05, 4.69) is 41.3 Å². The fourth-order valence-corrected chi connectivity index (χ4v) is 28.0. The lowest BCUT2D eigenvalue weighted by Gasteiger charge is -2.65. The summed E-state index contributed by atoms with van der Waals surface area (Å²) in [6.45, 7) is 17.3. The van der Waals surface area contributed by atoms with Gasteiger partial charge in [0.1, 0.15) is 81.8 Å². The van der Waals surface area contributed by atoms with Gasteiger partial charge in [0.2, 0.25) is 0 Å². The summed E-state index contributed by atoms with van der Waals surface area (Å²) in [5, 5.41) is 91.0. The molecule has 4 aromatic rings. The van der Waals surface area contributed by atoms with E-state index in [0.717, 1.165) is 238 Å². The molecule has 0 radical (unpaired) electrons. The quantitative estimate of drug-likeness (QED) is 0.0610. The summed E-state index contributed by atoms with van der Waals surface area (Å²) in [5.74, 6) is 6.94. The third-order valence-corrected chi connectivity index (χ3v) is 33.5. The van der Waals surface area contributed by atoms with Crippen molar-refractivity contribution in [3.05, 3.63) is 117 Å². The van der Waals surface area contributed by atoms with Gasteiger partial charge in [0.05, 0.1) is 102 Å². The highest BCUT2D eigenvalue weighted by molar-refractivity contribution is 5.91. The highest BCUT2D eigenvalue weighted by Crippen LogP contribution is 2.72. The second kappa shape index (κ2) is 21.0. The average Bonchev–Trinajstić information content (AvgIpc) is 1.39. The highest BCUT2D eigenvalue weighted by Gasteiger charge is 2.81. The Balaban J connectivity index is 0.0000000896. The molecule has 20 atom stereocenters. The second-order valence-electron chi connectivity index (χ2n) is 38.8. The summed E-state index contributed by atoms with van der Waals surface area (Å²) in [6, 6.07) is 15.1. The van der Waals surface area contributed by atoms with Gasteiger partial charge in [-0.1, -0.05) is 25.3 Å². The largest absolute Gasteiger partial charge is 0.508 e. The van der Waals surface area contributed by atoms with E-state index in [1.54, 1.807) is 24.3 Å². The topological polar surface area (TPSA) is 233 Å². The Hall–Kier alpha value is -6.22. The molecule has 8 bridgehead atoms. The number of carbonyl (C=O) groups is 2. The zero-order valence-corrected chi connectivity index (χ0v) is 61.4. The van der Waals surface area contributed by atoms with Crippen LogP contribution in [0.25, 0.3) is 0 Å². The number of hydrogen-bond acceptors (Lipinski definition) is 14. The summed E-state index contributed by atoms with van der Waals surface area (Å²) in [7, 11) is 9.30. The summed E-state index contributed by atoms with van der Waals surface area (Å²) < 4.78 is 28.6. The zero-order chi connectivity index (χ0) is 71.6. The van der Waals surface area contributed by atoms with Gasteiger partial charge >= 0.3 is 0 Å². The summed E-state index contributed by atoms with van der Waals surface area (Å²) >= 11 is 0. The van der Waals surface area contributed by atoms with Gasteiger partial charge in [-0.05, 0) is 149 Å². The molecular formula is C86H108N4O14+4. The molecule has 24 rings (SSSR count). The number of hydrogen-bond donors (Lipinski definition) is 8. The minimum absolute atomic E-state index is 0.0789. The van der Waals surface area contributed by atoms with Crippen LogP contribution in [0.1, 0.15) is 173 Å². The molecule has 20 aliphatic rings. The van der Waals surface area contributed by atoms with Crippen LogP contribution in [0.15, 0.2) is 72.8 Å². The van der Waals surface area contributed by atoms with Gasteiger partial charge in [-0.15, -0.1) is 0 Å². The normalized spacial score (nSPS) is 45.2. The van der Waals surface area contributed by atoms with Crippen LogP contribution in [0, 0.1) is 23.7 Å². The summed E-state index contributed by atoms with van der Waals surface area (Å²) in [5.41, 5.74) is 5.05. The molecule has 0 aromatic heterocycles. The number of phenols is 4. The predicted octanol–water partition coefficient (Wildman–Crippen LogP) is 8.65. The van der Waals surface area contributed by atoms with Gasteiger partial charge in [0.25, 0.3) is 0 Å². The lowest BCUT2D eigenvalue weighted by molar-refractivity contribution is -0.950. The van der Waals surface area contributed by atoms with Crippen molar-refractivity contribution in [1.29, 1.82) is 0 Å². The summed E-state index contributed by atoms with van der Waals surface area (Å²) in [6.07, 6.45) is 20.4. The van der Waals surface area contributed by atoms with E-state index in [0.29, 0.717) is 48.7 Å². The Kier molecular flexibility index (Phi) is 13.3. The number of nitrogens with zero attached hydrogens (tertiary/aromatic N) is 4. The van der Waals surface area contributed by atoms with Crippen LogP contribution < -0.4 is 18.9 Å². The molecule has 552 valence electrons. The number of aliphatic hydroxyl groups is 4. The Morgan fingerprint density at radius 3 is 1.00 bits per heavy atom. The number of ether oxygens (including phenoxy) is 4. The molecule has 8 saturated carbocycles. The van der Waals surface area contributed by atoms with E-state index >= 15 is 0 Å². The molecule has 8 aliphatic heterocycles. The van der Waals surface area contributed by atoms with Crippen LogP contribution in [0.3, 0.4) is 0 Å². The number of rotatable bonds is 8. The van der Waals surface area contributed by atoms with Crippen molar-refractivity contribution in [3.63, 3.8) is 0 Å². The second-order valence-corrected chi connectivity index (χ2v) is 38.8. The first kappa shape index (κ1) is 66.0. The van der Waals surface area contributed by atoms with Crippen molar-refractivity contribution >= 4 is 11.6 Å². The van der Waals surface area contributed by atoms with Gasteiger partial charge in [0, 0.05) is 121 Å². The van der Waals surface area contributed by atoms with Gasteiger partial charge < -0.3 is 77.7 Å². The fraction of sp³-hybridized carbons (Fsp3) is 0.651. The van der Waals surface area contributed by atoms with Crippen LogP contribution in [0.2, 0.25) is 0 Å². The van der Waals surface area contributed by atoms with Crippen molar-refractivity contribution in [3.8, 4) is 46.0 Å². The lowest BCUT2D eigenvalue weighted by atomic mass is 9.48. The molecule has 8 N–H and O–H groups in total. The fourth-order valence-electron chi connectivity index (χ4n) is 28.0. The number of carbonyl (C=O) groups excluding carboxylic acids is 2. The molecule has 18 heteroatoms. The number of likely N-dealkylation sites (N-methyl/N-ethyl adjacent to an activating group) is 4. The molecule has 4 spiro atoms. The van der Waals surface area contributed by atoms with Gasteiger partial charge in [-0.3, -0.25) is 9.59 Å². The van der Waals surface area contributed by atoms with Crippen LogP contribution in [-0.2, 0) is 56.9 Å². The van der Waals surface area contributed by atoms with E-state index in [4.69, 9.17) is 18.9 Å². The Labute approximate surface area is 610 Å². The van der Waals surface area contributed by atoms with Gasteiger partial charge in [-0.2, -0.15) is 0 Å². The predicted molar refractivity (Wildman–Crippen MR) is 385 cm³/mol.